The first kappa shape index (κ1) is 28.4. The lowest BCUT2D eigenvalue weighted by Gasteiger charge is -2.18. The molecule has 0 heterocycles. The molecule has 4 nitrogen and oxygen atoms in total. The van der Waals surface area contributed by atoms with Gasteiger partial charge >= 0.3 is 0 Å². The van der Waals surface area contributed by atoms with Crippen molar-refractivity contribution in [3.8, 4) is 0 Å². The van der Waals surface area contributed by atoms with Crippen molar-refractivity contribution in [2.75, 3.05) is 26.2 Å². The van der Waals surface area contributed by atoms with E-state index >= 15 is 0 Å². The van der Waals surface area contributed by atoms with Crippen LogP contribution in [0.4, 0.5) is 0 Å². The average molecular weight is 413 g/mol. The van der Waals surface area contributed by atoms with Gasteiger partial charge in [-0.2, -0.15) is 0 Å². The summed E-state index contributed by atoms with van der Waals surface area (Å²) in [5.74, 6) is -0.195. The van der Waals surface area contributed by atoms with Crippen LogP contribution in [-0.2, 0) is 4.79 Å². The fourth-order valence-electron chi connectivity index (χ4n) is 3.84. The first-order valence-corrected chi connectivity index (χ1v) is 12.8. The van der Waals surface area contributed by atoms with E-state index in [1.807, 2.05) is 0 Å². The van der Waals surface area contributed by atoms with Crippen LogP contribution in [0.1, 0.15) is 124 Å². The highest BCUT2D eigenvalue weighted by Crippen LogP contribution is 2.13. The summed E-state index contributed by atoms with van der Waals surface area (Å²) in [5, 5.41) is 12.9. The van der Waals surface area contributed by atoms with Crippen molar-refractivity contribution in [3.63, 3.8) is 0 Å². The van der Waals surface area contributed by atoms with Crippen molar-refractivity contribution < 1.29 is 9.90 Å². The van der Waals surface area contributed by atoms with Crippen LogP contribution < -0.4 is 5.32 Å². The maximum atomic E-state index is 11.9. The van der Waals surface area contributed by atoms with E-state index in [1.165, 1.54) is 77.0 Å². The molecule has 0 radical (unpaired) electrons. The molecule has 1 amide bonds. The zero-order valence-corrected chi connectivity index (χ0v) is 20.0. The predicted molar refractivity (Wildman–Crippen MR) is 126 cm³/mol. The number of nitrogens with zero attached hydrogens (tertiary/aromatic N) is 1. The summed E-state index contributed by atoms with van der Waals surface area (Å²) in [7, 11) is 0. The van der Waals surface area contributed by atoms with Gasteiger partial charge in [0, 0.05) is 6.54 Å². The Morgan fingerprint density at radius 2 is 1.17 bits per heavy atom. The van der Waals surface area contributed by atoms with Crippen LogP contribution >= 0.6 is 0 Å². The van der Waals surface area contributed by atoms with E-state index in [0.29, 0.717) is 13.0 Å². The highest BCUT2D eigenvalue weighted by Gasteiger charge is 2.13. The van der Waals surface area contributed by atoms with Gasteiger partial charge in [0.2, 0.25) is 5.91 Å². The summed E-state index contributed by atoms with van der Waals surface area (Å²) < 4.78 is 0. The standard InChI is InChI=1S/C25H52N2O2/c1-4-7-8-9-10-11-12-13-14-15-16-17-18-19-21-24(28)25(29)26-22-20-23-27(5-2)6-3/h24,28H,4-23H2,1-3H3,(H,26,29). The molecule has 4 heteroatoms. The number of nitrogens with one attached hydrogen (secondary N) is 1. The Labute approximate surface area is 182 Å². The second-order valence-corrected chi connectivity index (χ2v) is 8.57. The van der Waals surface area contributed by atoms with E-state index in [9.17, 15) is 9.90 Å². The molecule has 0 saturated heterocycles. The van der Waals surface area contributed by atoms with Crippen molar-refractivity contribution in [1.29, 1.82) is 0 Å². The van der Waals surface area contributed by atoms with Crippen LogP contribution in [0.3, 0.4) is 0 Å². The molecule has 1 atom stereocenters. The van der Waals surface area contributed by atoms with E-state index in [-0.39, 0.29) is 5.91 Å². The van der Waals surface area contributed by atoms with E-state index < -0.39 is 6.10 Å². The average Bonchev–Trinajstić information content (AvgIpc) is 2.73. The van der Waals surface area contributed by atoms with Crippen LogP contribution in [0, 0.1) is 0 Å². The maximum absolute atomic E-state index is 11.9. The third kappa shape index (κ3) is 19.1. The second kappa shape index (κ2) is 22.1. The minimum absolute atomic E-state index is 0.195. The van der Waals surface area contributed by atoms with Gasteiger partial charge < -0.3 is 15.3 Å². The molecular formula is C25H52N2O2. The third-order valence-corrected chi connectivity index (χ3v) is 5.98. The van der Waals surface area contributed by atoms with Gasteiger partial charge in [0.15, 0.2) is 0 Å². The normalized spacial score (nSPS) is 12.4. The van der Waals surface area contributed by atoms with Crippen molar-refractivity contribution in [2.24, 2.45) is 0 Å². The van der Waals surface area contributed by atoms with Crippen molar-refractivity contribution in [2.45, 2.75) is 130 Å². The molecule has 0 saturated carbocycles. The molecule has 0 spiro atoms. The number of amides is 1. The number of hydrogen-bond acceptors (Lipinski definition) is 3. The highest BCUT2D eigenvalue weighted by molar-refractivity contribution is 5.80. The molecular weight excluding hydrogens is 360 g/mol. The summed E-state index contributed by atoms with van der Waals surface area (Å²) in [5.41, 5.74) is 0. The SMILES string of the molecule is CCCCCCCCCCCCCCCCC(O)C(=O)NCCCN(CC)CC. The fourth-order valence-corrected chi connectivity index (χ4v) is 3.84. The minimum Gasteiger partial charge on any atom is -0.383 e. The maximum Gasteiger partial charge on any atom is 0.248 e. The largest absolute Gasteiger partial charge is 0.383 e. The summed E-state index contributed by atoms with van der Waals surface area (Å²) in [6.07, 6.45) is 19.2. The number of unbranched alkanes of at least 4 members (excludes halogenated alkanes) is 13. The molecule has 2 N–H and O–H groups in total. The number of aliphatic hydroxyl groups is 1. The summed E-state index contributed by atoms with van der Waals surface area (Å²) >= 11 is 0. The summed E-state index contributed by atoms with van der Waals surface area (Å²) in [6.45, 7) is 10.3. The molecule has 0 aliphatic heterocycles. The zero-order valence-electron chi connectivity index (χ0n) is 20.0. The molecule has 0 aliphatic rings. The summed E-state index contributed by atoms with van der Waals surface area (Å²) in [4.78, 5) is 14.3. The van der Waals surface area contributed by atoms with Gasteiger partial charge in [-0.25, -0.2) is 0 Å². The highest BCUT2D eigenvalue weighted by atomic mass is 16.3. The number of aliphatic hydroxyl groups excluding tert-OH is 1. The lowest BCUT2D eigenvalue weighted by Crippen LogP contribution is -2.36. The van der Waals surface area contributed by atoms with Gasteiger partial charge in [-0.1, -0.05) is 111 Å². The monoisotopic (exact) mass is 412 g/mol. The van der Waals surface area contributed by atoms with Gasteiger partial charge in [0.05, 0.1) is 0 Å². The third-order valence-electron chi connectivity index (χ3n) is 5.98. The quantitative estimate of drug-likeness (QED) is 0.212. The van der Waals surface area contributed by atoms with Gasteiger partial charge in [-0.15, -0.1) is 0 Å². The van der Waals surface area contributed by atoms with Gasteiger partial charge in [0.25, 0.3) is 0 Å². The van der Waals surface area contributed by atoms with E-state index in [4.69, 9.17) is 0 Å². The molecule has 0 aromatic rings. The Hall–Kier alpha value is -0.610. The Morgan fingerprint density at radius 3 is 1.62 bits per heavy atom. The van der Waals surface area contributed by atoms with Gasteiger partial charge in [-0.05, 0) is 32.5 Å². The minimum atomic E-state index is -0.833. The van der Waals surface area contributed by atoms with Crippen LogP contribution in [0.2, 0.25) is 0 Å². The summed E-state index contributed by atoms with van der Waals surface area (Å²) in [6, 6.07) is 0. The second-order valence-electron chi connectivity index (χ2n) is 8.57. The van der Waals surface area contributed by atoms with Crippen LogP contribution in [-0.4, -0.2) is 48.2 Å². The molecule has 0 aromatic carbocycles. The van der Waals surface area contributed by atoms with Crippen LogP contribution in [0.5, 0.6) is 0 Å². The lowest BCUT2D eigenvalue weighted by molar-refractivity contribution is -0.129. The number of hydrogen-bond donors (Lipinski definition) is 2. The molecule has 0 aromatic heterocycles. The molecule has 29 heavy (non-hydrogen) atoms. The van der Waals surface area contributed by atoms with E-state index in [0.717, 1.165) is 38.9 Å². The zero-order chi connectivity index (χ0) is 21.6. The molecule has 0 bridgehead atoms. The van der Waals surface area contributed by atoms with Crippen LogP contribution in [0.25, 0.3) is 0 Å². The number of rotatable bonds is 22. The smallest absolute Gasteiger partial charge is 0.248 e. The Morgan fingerprint density at radius 1 is 0.724 bits per heavy atom. The van der Waals surface area contributed by atoms with Crippen molar-refractivity contribution >= 4 is 5.91 Å². The number of carbonyl (C=O) groups is 1. The molecule has 1 unspecified atom stereocenters. The molecule has 0 fully saturated rings. The molecule has 174 valence electrons. The van der Waals surface area contributed by atoms with Crippen LogP contribution in [0.15, 0.2) is 0 Å². The number of carbonyl (C=O) groups excluding carboxylic acids is 1. The first-order valence-electron chi connectivity index (χ1n) is 12.8. The Bertz CT molecular complexity index is 346. The molecule has 0 aliphatic carbocycles. The van der Waals surface area contributed by atoms with Crippen molar-refractivity contribution in [1.82, 2.24) is 10.2 Å². The lowest BCUT2D eigenvalue weighted by atomic mass is 10.0. The van der Waals surface area contributed by atoms with Crippen molar-refractivity contribution in [3.05, 3.63) is 0 Å². The fraction of sp³-hybridized carbons (Fsp3) is 0.960. The van der Waals surface area contributed by atoms with E-state index in [1.54, 1.807) is 0 Å². The Balaban J connectivity index is 3.35. The Kier molecular flexibility index (Phi) is 21.6. The van der Waals surface area contributed by atoms with E-state index in [2.05, 4.69) is 31.0 Å². The predicted octanol–water partition coefficient (Wildman–Crippen LogP) is 6.07. The van der Waals surface area contributed by atoms with Gasteiger partial charge in [-0.3, -0.25) is 4.79 Å². The molecule has 0 rings (SSSR count). The topological polar surface area (TPSA) is 52.6 Å². The van der Waals surface area contributed by atoms with Gasteiger partial charge in [0.1, 0.15) is 6.10 Å². The first-order chi connectivity index (χ1) is 14.2.